The second-order valence-corrected chi connectivity index (χ2v) is 7.82. The van der Waals surface area contributed by atoms with Gasteiger partial charge < -0.3 is 14.8 Å². The van der Waals surface area contributed by atoms with E-state index in [9.17, 15) is 19.7 Å². The molecule has 1 N–H and O–H groups in total. The molecule has 0 bridgehead atoms. The number of hydrogen-bond donors (Lipinski definition) is 1. The molecule has 0 saturated carbocycles. The van der Waals surface area contributed by atoms with Gasteiger partial charge in [-0.25, -0.2) is 4.79 Å². The summed E-state index contributed by atoms with van der Waals surface area (Å²) in [4.78, 5) is 36.6. The Morgan fingerprint density at radius 1 is 1.31 bits per heavy atom. The van der Waals surface area contributed by atoms with E-state index in [4.69, 9.17) is 0 Å². The molecule has 1 heterocycles. The molecule has 0 aromatic heterocycles. The number of nitro groups is 1. The van der Waals surface area contributed by atoms with Crippen LogP contribution >= 0.6 is 0 Å². The summed E-state index contributed by atoms with van der Waals surface area (Å²) >= 11 is 0. The highest BCUT2D eigenvalue weighted by atomic mass is 16.6. The molecule has 0 unspecified atom stereocenters. The Bertz CT molecular complexity index is 749. The van der Waals surface area contributed by atoms with Crippen LogP contribution < -0.4 is 5.32 Å². The topological polar surface area (TPSA) is 120 Å². The Kier molecular flexibility index (Phi) is 8.90. The average Bonchev–Trinajstić information content (AvgIpc) is 2.65. The predicted octanol–water partition coefficient (Wildman–Crippen LogP) is 2.90. The Morgan fingerprint density at radius 3 is 2.38 bits per heavy atom. The molecule has 160 valence electrons. The molecule has 1 aromatic rings. The molecule has 0 atom stereocenters. The van der Waals surface area contributed by atoms with E-state index in [1.807, 2.05) is 27.7 Å². The second-order valence-electron chi connectivity index (χ2n) is 7.82. The van der Waals surface area contributed by atoms with Gasteiger partial charge in [0.15, 0.2) is 0 Å². The van der Waals surface area contributed by atoms with Crippen LogP contribution in [0.1, 0.15) is 56.5 Å². The van der Waals surface area contributed by atoms with E-state index in [0.29, 0.717) is 12.0 Å². The number of carbonyl (C=O) groups excluding carboxylic acids is 2. The highest BCUT2D eigenvalue weighted by molar-refractivity contribution is 5.99. The number of rotatable bonds is 5. The maximum atomic E-state index is 11.7. The summed E-state index contributed by atoms with van der Waals surface area (Å²) in [7, 11) is 1.20. The number of nitro benzene ring substituents is 1. The molecule has 0 radical (unpaired) electrons. The number of benzene rings is 1. The van der Waals surface area contributed by atoms with Crippen LogP contribution in [0.25, 0.3) is 0 Å². The highest BCUT2D eigenvalue weighted by Crippen LogP contribution is 2.26. The minimum Gasteiger partial charge on any atom is -0.465 e. The van der Waals surface area contributed by atoms with Crippen molar-refractivity contribution < 1.29 is 24.0 Å². The molecule has 9 heteroatoms. The molecular formula is C20H29N3O6. The van der Waals surface area contributed by atoms with Crippen molar-refractivity contribution in [2.45, 2.75) is 51.7 Å². The van der Waals surface area contributed by atoms with E-state index in [1.54, 1.807) is 12.1 Å². The quantitative estimate of drug-likeness (QED) is 0.262. The van der Waals surface area contributed by atoms with Gasteiger partial charge in [-0.05, 0) is 65.8 Å². The number of aliphatic imine (C=N–C) groups is 1. The number of para-hydroxylation sites is 1. The molecule has 9 nitrogen and oxygen atoms in total. The van der Waals surface area contributed by atoms with Gasteiger partial charge in [0.05, 0.1) is 23.1 Å². The zero-order valence-electron chi connectivity index (χ0n) is 17.6. The number of carbonyl (C=O) groups is 2. The van der Waals surface area contributed by atoms with Gasteiger partial charge in [-0.15, -0.1) is 0 Å². The van der Waals surface area contributed by atoms with Gasteiger partial charge in [-0.3, -0.25) is 19.9 Å². The van der Waals surface area contributed by atoms with E-state index in [-0.39, 0.29) is 22.4 Å². The fourth-order valence-corrected chi connectivity index (χ4v) is 2.61. The number of methoxy groups -OCH3 is 1. The van der Waals surface area contributed by atoms with Crippen molar-refractivity contribution in [3.05, 3.63) is 39.4 Å². The zero-order chi connectivity index (χ0) is 22.1. The van der Waals surface area contributed by atoms with Crippen LogP contribution in [-0.2, 0) is 14.3 Å². The Labute approximate surface area is 170 Å². The number of piperidine rings is 1. The van der Waals surface area contributed by atoms with E-state index in [1.165, 1.54) is 19.4 Å². The molecule has 1 fully saturated rings. The Morgan fingerprint density at radius 2 is 1.93 bits per heavy atom. The first kappa shape index (κ1) is 24.2. The molecule has 2 rings (SSSR count). The molecule has 1 aromatic carbocycles. The summed E-state index contributed by atoms with van der Waals surface area (Å²) in [5.41, 5.74) is -0.572. The van der Waals surface area contributed by atoms with Gasteiger partial charge in [0, 0.05) is 6.21 Å². The van der Waals surface area contributed by atoms with E-state index in [0.717, 1.165) is 25.9 Å². The van der Waals surface area contributed by atoms with Crippen LogP contribution in [-0.4, -0.2) is 54.9 Å². The maximum Gasteiger partial charge on any atom is 0.344 e. The number of nitrogens with zero attached hydrogens (tertiary/aromatic N) is 2. The van der Waals surface area contributed by atoms with Gasteiger partial charge in [-0.1, -0.05) is 6.07 Å². The van der Waals surface area contributed by atoms with E-state index in [2.05, 4.69) is 19.8 Å². The second kappa shape index (κ2) is 10.7. The van der Waals surface area contributed by atoms with Crippen molar-refractivity contribution in [2.75, 3.05) is 20.2 Å². The fourth-order valence-electron chi connectivity index (χ4n) is 2.61. The number of esters is 1. The highest BCUT2D eigenvalue weighted by Gasteiger charge is 2.27. The SMILES string of the molecule is CC(C)(C)OC=O.COC(=O)c1cccc(C=NC2(C)CCNCC2)c1[N+](=O)[O-]. The summed E-state index contributed by atoms with van der Waals surface area (Å²) in [6.07, 6.45) is 3.23. The van der Waals surface area contributed by atoms with Gasteiger partial charge in [-0.2, -0.15) is 0 Å². The van der Waals surface area contributed by atoms with Crippen LogP contribution in [0.4, 0.5) is 5.69 Å². The van der Waals surface area contributed by atoms with Gasteiger partial charge in [0.25, 0.3) is 12.2 Å². The first-order valence-corrected chi connectivity index (χ1v) is 9.26. The molecule has 1 aliphatic heterocycles. The third kappa shape index (κ3) is 7.98. The van der Waals surface area contributed by atoms with Crippen LogP contribution in [0.15, 0.2) is 23.2 Å². The number of ether oxygens (including phenoxy) is 2. The van der Waals surface area contributed by atoms with Gasteiger partial charge >= 0.3 is 5.97 Å². The zero-order valence-corrected chi connectivity index (χ0v) is 17.6. The Hall–Kier alpha value is -2.81. The summed E-state index contributed by atoms with van der Waals surface area (Å²) in [6.45, 7) is 9.70. The monoisotopic (exact) mass is 407 g/mol. The lowest BCUT2D eigenvalue weighted by Crippen LogP contribution is -2.38. The third-order valence-electron chi connectivity index (χ3n) is 4.25. The summed E-state index contributed by atoms with van der Waals surface area (Å²) in [6, 6.07) is 4.55. The van der Waals surface area contributed by atoms with Crippen molar-refractivity contribution in [2.24, 2.45) is 4.99 Å². The normalized spacial score (nSPS) is 15.8. The van der Waals surface area contributed by atoms with Crippen LogP contribution in [0, 0.1) is 10.1 Å². The molecule has 0 spiro atoms. The lowest BCUT2D eigenvalue weighted by atomic mass is 9.91. The van der Waals surface area contributed by atoms with Gasteiger partial charge in [0.2, 0.25) is 0 Å². The lowest BCUT2D eigenvalue weighted by Gasteiger charge is -2.30. The maximum absolute atomic E-state index is 11.7. The van der Waals surface area contributed by atoms with Gasteiger partial charge in [0.1, 0.15) is 11.2 Å². The fraction of sp³-hybridized carbons (Fsp3) is 0.550. The van der Waals surface area contributed by atoms with Crippen molar-refractivity contribution in [1.29, 1.82) is 0 Å². The van der Waals surface area contributed by atoms with Crippen LogP contribution in [0.3, 0.4) is 0 Å². The first-order valence-electron chi connectivity index (χ1n) is 9.26. The van der Waals surface area contributed by atoms with Crippen molar-refractivity contribution in [3.63, 3.8) is 0 Å². The third-order valence-corrected chi connectivity index (χ3v) is 4.25. The predicted molar refractivity (Wildman–Crippen MR) is 109 cm³/mol. The number of nitrogens with one attached hydrogen (secondary N) is 1. The summed E-state index contributed by atoms with van der Waals surface area (Å²) < 4.78 is 9.15. The van der Waals surface area contributed by atoms with Crippen LogP contribution in [0.5, 0.6) is 0 Å². The Balaban J connectivity index is 0.000000516. The van der Waals surface area contributed by atoms with E-state index >= 15 is 0 Å². The molecule has 0 aliphatic carbocycles. The average molecular weight is 407 g/mol. The minimum absolute atomic E-state index is 0.0630. The number of hydrogen-bond acceptors (Lipinski definition) is 8. The van der Waals surface area contributed by atoms with Crippen molar-refractivity contribution >= 4 is 24.3 Å². The molecule has 1 saturated heterocycles. The lowest BCUT2D eigenvalue weighted by molar-refractivity contribution is -0.385. The standard InChI is InChI=1S/C15H19N3O4.C5H10O2/c1-15(6-8-16-9-7-15)17-10-11-4-3-5-12(14(19)22-2)13(11)18(20)21;1-5(2,3)7-4-6/h3-5,10,16H,6-9H2,1-2H3;4H,1-3H3. The molecule has 1 aliphatic rings. The minimum atomic E-state index is -0.727. The molecular weight excluding hydrogens is 378 g/mol. The van der Waals surface area contributed by atoms with Crippen molar-refractivity contribution in [3.8, 4) is 0 Å². The largest absolute Gasteiger partial charge is 0.465 e. The smallest absolute Gasteiger partial charge is 0.344 e. The van der Waals surface area contributed by atoms with Crippen LogP contribution in [0.2, 0.25) is 0 Å². The molecule has 0 amide bonds. The molecule has 29 heavy (non-hydrogen) atoms. The van der Waals surface area contributed by atoms with E-state index < -0.39 is 10.9 Å². The summed E-state index contributed by atoms with van der Waals surface area (Å²) in [5.74, 6) is -0.727. The first-order chi connectivity index (χ1) is 13.5. The van der Waals surface area contributed by atoms with Crippen molar-refractivity contribution in [1.82, 2.24) is 5.32 Å². The summed E-state index contributed by atoms with van der Waals surface area (Å²) in [5, 5.41) is 14.6.